The number of hydrogen-bond donors (Lipinski definition) is 1. The van der Waals surface area contributed by atoms with E-state index < -0.39 is 5.97 Å². The number of hydrogen-bond acceptors (Lipinski definition) is 5. The van der Waals surface area contributed by atoms with E-state index in [1.54, 1.807) is 24.3 Å². The monoisotopic (exact) mass is 486 g/mol. The molecule has 0 saturated heterocycles. The summed E-state index contributed by atoms with van der Waals surface area (Å²) in [5, 5.41) is 19.2. The number of aromatic carboxylic acids is 1. The predicted octanol–water partition coefficient (Wildman–Crippen LogP) is 7.81. The maximum absolute atomic E-state index is 11.1. The lowest BCUT2D eigenvalue weighted by Gasteiger charge is -2.05. The van der Waals surface area contributed by atoms with Crippen LogP contribution in [0.15, 0.2) is 98.8 Å². The van der Waals surface area contributed by atoms with Crippen molar-refractivity contribution >= 4 is 18.1 Å². The molecule has 0 radical (unpaired) electrons. The summed E-state index contributed by atoms with van der Waals surface area (Å²) in [4.78, 5) is 15.6. The van der Waals surface area contributed by atoms with Crippen molar-refractivity contribution < 1.29 is 18.7 Å². The lowest BCUT2D eigenvalue weighted by molar-refractivity contribution is 0.0697. The van der Waals surface area contributed by atoms with Crippen LogP contribution in [0.5, 0.6) is 0 Å². The summed E-state index contributed by atoms with van der Waals surface area (Å²) < 4.78 is 12.1. The zero-order valence-electron chi connectivity index (χ0n) is 20.2. The minimum absolute atomic E-state index is 0.192. The zero-order valence-corrected chi connectivity index (χ0v) is 20.2. The molecule has 3 aromatic carbocycles. The van der Waals surface area contributed by atoms with Gasteiger partial charge in [-0.05, 0) is 43.7 Å². The molecular weight excluding hydrogens is 464 g/mol. The summed E-state index contributed by atoms with van der Waals surface area (Å²) in [5.41, 5.74) is 5.93. The second-order valence-corrected chi connectivity index (χ2v) is 8.67. The molecule has 0 bridgehead atoms. The van der Waals surface area contributed by atoms with Crippen LogP contribution in [0.3, 0.4) is 0 Å². The molecule has 6 heteroatoms. The van der Waals surface area contributed by atoms with Crippen molar-refractivity contribution in [2.45, 2.75) is 13.8 Å². The Bertz CT molecular complexity index is 1650. The van der Waals surface area contributed by atoms with E-state index in [0.717, 1.165) is 27.8 Å². The lowest BCUT2D eigenvalue weighted by atomic mass is 9.97. The standard InChI is InChI=1S/C31H22N2O4/c1-19-3-7-22(8-4-19)28-26(17-32)30(37-29(28)23-9-5-20(2)6-10-23)33-18-25-15-16-27(36-25)21-11-13-24(14-12-21)31(34)35/h3-16,18H,1-2H3,(H,34,35). The van der Waals surface area contributed by atoms with Gasteiger partial charge in [-0.1, -0.05) is 71.8 Å². The third-order valence-corrected chi connectivity index (χ3v) is 6.01. The fraction of sp³-hybridized carbons (Fsp3) is 0.0645. The van der Waals surface area contributed by atoms with Crippen molar-refractivity contribution in [3.05, 3.63) is 113 Å². The van der Waals surface area contributed by atoms with Gasteiger partial charge in [0.05, 0.1) is 11.8 Å². The highest BCUT2D eigenvalue weighted by molar-refractivity contribution is 5.90. The van der Waals surface area contributed by atoms with E-state index in [1.807, 2.05) is 62.4 Å². The van der Waals surface area contributed by atoms with E-state index in [0.29, 0.717) is 28.4 Å². The Morgan fingerprint density at radius 1 is 0.811 bits per heavy atom. The first-order valence-corrected chi connectivity index (χ1v) is 11.6. The van der Waals surface area contributed by atoms with Crippen LogP contribution in [-0.2, 0) is 0 Å². The SMILES string of the molecule is Cc1ccc(-c2oc(N=Cc3ccc(-c4ccc(C(=O)O)cc4)o3)c(C#N)c2-c2ccc(C)cc2)cc1. The van der Waals surface area contributed by atoms with Crippen molar-refractivity contribution in [1.29, 1.82) is 5.26 Å². The zero-order chi connectivity index (χ0) is 25.9. The van der Waals surface area contributed by atoms with E-state index in [2.05, 4.69) is 11.1 Å². The molecule has 0 amide bonds. The maximum Gasteiger partial charge on any atom is 0.335 e. The normalized spacial score (nSPS) is 11.1. The third kappa shape index (κ3) is 4.84. The highest BCUT2D eigenvalue weighted by Crippen LogP contribution is 2.42. The molecule has 2 aromatic heterocycles. The van der Waals surface area contributed by atoms with Gasteiger partial charge in [0.15, 0.2) is 0 Å². The highest BCUT2D eigenvalue weighted by Gasteiger charge is 2.23. The molecule has 2 heterocycles. The Morgan fingerprint density at radius 2 is 1.41 bits per heavy atom. The molecule has 1 N–H and O–H groups in total. The number of benzene rings is 3. The fourth-order valence-corrected chi connectivity index (χ4v) is 3.99. The molecule has 5 rings (SSSR count). The van der Waals surface area contributed by atoms with Crippen molar-refractivity contribution in [3.63, 3.8) is 0 Å². The Hall–Kier alpha value is -5.15. The fourth-order valence-electron chi connectivity index (χ4n) is 3.99. The summed E-state index contributed by atoms with van der Waals surface area (Å²) in [5.74, 6) is 0.814. The van der Waals surface area contributed by atoms with Gasteiger partial charge in [-0.2, -0.15) is 5.26 Å². The van der Waals surface area contributed by atoms with E-state index in [1.165, 1.54) is 18.3 Å². The van der Waals surface area contributed by atoms with Crippen LogP contribution >= 0.6 is 0 Å². The van der Waals surface area contributed by atoms with Crippen LogP contribution in [0.25, 0.3) is 33.8 Å². The van der Waals surface area contributed by atoms with Crippen molar-refractivity contribution in [2.75, 3.05) is 0 Å². The van der Waals surface area contributed by atoms with Crippen LogP contribution < -0.4 is 0 Å². The van der Waals surface area contributed by atoms with Gasteiger partial charge >= 0.3 is 5.97 Å². The molecule has 6 nitrogen and oxygen atoms in total. The number of aryl methyl sites for hydroxylation is 2. The Balaban J connectivity index is 1.53. The minimum atomic E-state index is -0.986. The molecule has 0 unspecified atom stereocenters. The topological polar surface area (TPSA) is 99.7 Å². The van der Waals surface area contributed by atoms with E-state index in [4.69, 9.17) is 13.9 Å². The van der Waals surface area contributed by atoms with Gasteiger partial charge in [-0.3, -0.25) is 0 Å². The Kier molecular flexibility index (Phi) is 6.27. The summed E-state index contributed by atoms with van der Waals surface area (Å²) in [7, 11) is 0. The average molecular weight is 487 g/mol. The molecule has 37 heavy (non-hydrogen) atoms. The number of aliphatic imine (C=N–C) groups is 1. The molecule has 5 aromatic rings. The molecular formula is C31H22N2O4. The van der Waals surface area contributed by atoms with E-state index >= 15 is 0 Å². The number of nitriles is 1. The van der Waals surface area contributed by atoms with Gasteiger partial charge in [0, 0.05) is 16.7 Å². The summed E-state index contributed by atoms with van der Waals surface area (Å²) in [6.45, 7) is 4.03. The summed E-state index contributed by atoms with van der Waals surface area (Å²) in [6.07, 6.45) is 1.51. The lowest BCUT2D eigenvalue weighted by Crippen LogP contribution is -1.94. The first-order valence-electron chi connectivity index (χ1n) is 11.6. The number of carboxylic acids is 1. The molecule has 180 valence electrons. The van der Waals surface area contributed by atoms with Gasteiger partial charge in [0.1, 0.15) is 28.9 Å². The minimum Gasteiger partial charge on any atom is -0.478 e. The Labute approximate surface area is 213 Å². The largest absolute Gasteiger partial charge is 0.478 e. The van der Waals surface area contributed by atoms with Crippen molar-refractivity contribution in [3.8, 4) is 39.8 Å². The van der Waals surface area contributed by atoms with Crippen molar-refractivity contribution in [1.82, 2.24) is 0 Å². The number of carbonyl (C=O) groups is 1. The Morgan fingerprint density at radius 3 is 2.00 bits per heavy atom. The van der Waals surface area contributed by atoms with Gasteiger partial charge in [-0.15, -0.1) is 0 Å². The molecule has 0 fully saturated rings. The van der Waals surface area contributed by atoms with Crippen LogP contribution in [0.1, 0.15) is 32.8 Å². The second-order valence-electron chi connectivity index (χ2n) is 8.67. The number of nitrogens with zero attached hydrogens (tertiary/aromatic N) is 2. The van der Waals surface area contributed by atoms with E-state index in [-0.39, 0.29) is 11.4 Å². The van der Waals surface area contributed by atoms with Crippen LogP contribution in [-0.4, -0.2) is 17.3 Å². The van der Waals surface area contributed by atoms with Gasteiger partial charge in [0.2, 0.25) is 5.88 Å². The van der Waals surface area contributed by atoms with Crippen molar-refractivity contribution in [2.24, 2.45) is 4.99 Å². The molecule has 0 spiro atoms. The molecule has 0 aliphatic rings. The molecule has 0 aliphatic heterocycles. The van der Waals surface area contributed by atoms with E-state index in [9.17, 15) is 10.1 Å². The number of furan rings is 2. The first-order chi connectivity index (χ1) is 17.9. The number of carboxylic acid groups (broad SMARTS) is 1. The molecule has 0 atom stereocenters. The highest BCUT2D eigenvalue weighted by atomic mass is 16.4. The predicted molar refractivity (Wildman–Crippen MR) is 142 cm³/mol. The second kappa shape index (κ2) is 9.84. The summed E-state index contributed by atoms with van der Waals surface area (Å²) in [6, 6.07) is 28.1. The summed E-state index contributed by atoms with van der Waals surface area (Å²) >= 11 is 0. The third-order valence-electron chi connectivity index (χ3n) is 6.01. The quantitative estimate of drug-likeness (QED) is 0.247. The first kappa shape index (κ1) is 23.6. The maximum atomic E-state index is 11.1. The van der Waals surface area contributed by atoms with Gasteiger partial charge < -0.3 is 13.9 Å². The molecule has 0 aliphatic carbocycles. The van der Waals surface area contributed by atoms with Gasteiger partial charge in [-0.25, -0.2) is 9.79 Å². The van der Waals surface area contributed by atoms with Crippen LogP contribution in [0.2, 0.25) is 0 Å². The average Bonchev–Trinajstić information content (AvgIpc) is 3.53. The van der Waals surface area contributed by atoms with Gasteiger partial charge in [0.25, 0.3) is 0 Å². The van der Waals surface area contributed by atoms with Crippen LogP contribution in [0, 0.1) is 25.2 Å². The smallest absolute Gasteiger partial charge is 0.335 e. The molecule has 0 saturated carbocycles. The van der Waals surface area contributed by atoms with Crippen LogP contribution in [0.4, 0.5) is 5.88 Å². The number of rotatable bonds is 6.